The molecule has 0 aliphatic carbocycles. The number of rotatable bonds is 3. The number of amides is 1. The van der Waals surface area contributed by atoms with E-state index in [0.29, 0.717) is 0 Å². The highest BCUT2D eigenvalue weighted by atomic mass is 16.2. The lowest BCUT2D eigenvalue weighted by molar-refractivity contribution is 0.0793. The highest BCUT2D eigenvalue weighted by molar-refractivity contribution is 5.95. The van der Waals surface area contributed by atoms with Crippen LogP contribution in [0, 0.1) is 5.92 Å². The van der Waals surface area contributed by atoms with E-state index in [1.165, 1.54) is 12.8 Å². The summed E-state index contributed by atoms with van der Waals surface area (Å²) in [4.78, 5) is 16.8. The summed E-state index contributed by atoms with van der Waals surface area (Å²) >= 11 is 0. The number of hydrogen-bond acceptors (Lipinski definition) is 3. The highest BCUT2D eigenvalue weighted by Gasteiger charge is 2.21. The maximum absolute atomic E-state index is 12.4. The van der Waals surface area contributed by atoms with Gasteiger partial charge in [0.2, 0.25) is 0 Å². The molecule has 2 aliphatic rings. The van der Waals surface area contributed by atoms with E-state index in [2.05, 4.69) is 11.8 Å². The lowest BCUT2D eigenvalue weighted by Crippen LogP contribution is -2.32. The Hall–Kier alpha value is -1.55. The zero-order valence-electron chi connectivity index (χ0n) is 13.6. The molecule has 2 heterocycles. The van der Waals surface area contributed by atoms with Crippen LogP contribution in [-0.2, 0) is 6.54 Å². The number of hydrogen-bond donors (Lipinski definition) is 1. The molecule has 120 valence electrons. The van der Waals surface area contributed by atoms with Crippen molar-refractivity contribution in [2.24, 2.45) is 5.92 Å². The van der Waals surface area contributed by atoms with Crippen LogP contribution in [0.4, 0.5) is 5.69 Å². The van der Waals surface area contributed by atoms with Crippen LogP contribution in [0.15, 0.2) is 18.2 Å². The van der Waals surface area contributed by atoms with Crippen LogP contribution in [0.25, 0.3) is 0 Å². The number of piperidine rings is 1. The van der Waals surface area contributed by atoms with Crippen LogP contribution in [0.5, 0.6) is 0 Å². The Balaban J connectivity index is 1.65. The van der Waals surface area contributed by atoms with E-state index < -0.39 is 0 Å². The lowest BCUT2D eigenvalue weighted by Gasteiger charge is -2.30. The Morgan fingerprint density at radius 1 is 1.18 bits per heavy atom. The smallest absolute Gasteiger partial charge is 0.253 e. The largest absolute Gasteiger partial charge is 0.398 e. The highest BCUT2D eigenvalue weighted by Crippen LogP contribution is 2.22. The maximum Gasteiger partial charge on any atom is 0.253 e. The molecule has 4 nitrogen and oxygen atoms in total. The number of nitrogen functional groups attached to an aromatic ring is 1. The first-order valence-electron chi connectivity index (χ1n) is 8.53. The van der Waals surface area contributed by atoms with Crippen molar-refractivity contribution in [1.82, 2.24) is 9.80 Å². The minimum absolute atomic E-state index is 0.127. The molecule has 0 atom stereocenters. The average Bonchev–Trinajstić information content (AvgIpc) is 3.05. The third-order valence-electron chi connectivity index (χ3n) is 5.06. The Kier molecular flexibility index (Phi) is 4.67. The van der Waals surface area contributed by atoms with Crippen LogP contribution in [0.2, 0.25) is 0 Å². The quantitative estimate of drug-likeness (QED) is 0.873. The van der Waals surface area contributed by atoms with Crippen molar-refractivity contribution in [3.8, 4) is 0 Å². The SMILES string of the molecule is CC1CCN(Cc2ccc(C(=O)N3CCCC3)cc2N)CC1. The van der Waals surface area contributed by atoms with E-state index >= 15 is 0 Å². The first kappa shape index (κ1) is 15.3. The number of benzene rings is 1. The molecule has 0 saturated carbocycles. The fraction of sp³-hybridized carbons (Fsp3) is 0.611. The van der Waals surface area contributed by atoms with Crippen molar-refractivity contribution >= 4 is 11.6 Å². The van der Waals surface area contributed by atoms with Crippen molar-refractivity contribution in [1.29, 1.82) is 0 Å². The summed E-state index contributed by atoms with van der Waals surface area (Å²) in [6.45, 7) is 7.28. The van der Waals surface area contributed by atoms with E-state index in [1.54, 1.807) is 0 Å². The molecule has 3 rings (SSSR count). The van der Waals surface area contributed by atoms with Crippen LogP contribution in [-0.4, -0.2) is 41.9 Å². The van der Waals surface area contributed by atoms with Gasteiger partial charge in [-0.15, -0.1) is 0 Å². The van der Waals surface area contributed by atoms with E-state index in [0.717, 1.165) is 68.3 Å². The van der Waals surface area contributed by atoms with Gasteiger partial charge in [0.25, 0.3) is 5.91 Å². The first-order valence-corrected chi connectivity index (χ1v) is 8.53. The number of likely N-dealkylation sites (tertiary alicyclic amines) is 2. The molecule has 2 fully saturated rings. The van der Waals surface area contributed by atoms with Gasteiger partial charge in [-0.05, 0) is 62.4 Å². The van der Waals surface area contributed by atoms with Gasteiger partial charge in [-0.25, -0.2) is 0 Å². The fourth-order valence-corrected chi connectivity index (χ4v) is 3.44. The third-order valence-corrected chi connectivity index (χ3v) is 5.06. The zero-order valence-corrected chi connectivity index (χ0v) is 13.6. The summed E-state index contributed by atoms with van der Waals surface area (Å²) in [5.41, 5.74) is 8.84. The van der Waals surface area contributed by atoms with E-state index in [4.69, 9.17) is 5.73 Å². The number of anilines is 1. The van der Waals surface area contributed by atoms with Gasteiger partial charge in [-0.3, -0.25) is 9.69 Å². The van der Waals surface area contributed by atoms with Crippen molar-refractivity contribution in [2.45, 2.75) is 39.2 Å². The summed E-state index contributed by atoms with van der Waals surface area (Å²) in [5.74, 6) is 0.969. The summed E-state index contributed by atoms with van der Waals surface area (Å²) in [6, 6.07) is 5.85. The van der Waals surface area contributed by atoms with Crippen molar-refractivity contribution in [3.05, 3.63) is 29.3 Å². The number of carbonyl (C=O) groups is 1. The van der Waals surface area contributed by atoms with Gasteiger partial charge in [-0.2, -0.15) is 0 Å². The van der Waals surface area contributed by atoms with Crippen LogP contribution in [0.3, 0.4) is 0 Å². The van der Waals surface area contributed by atoms with Gasteiger partial charge in [0.15, 0.2) is 0 Å². The number of nitrogens with two attached hydrogens (primary N) is 1. The van der Waals surface area contributed by atoms with Gasteiger partial charge in [0.05, 0.1) is 0 Å². The predicted octanol–water partition coefficient (Wildman–Crippen LogP) is 2.74. The van der Waals surface area contributed by atoms with Gasteiger partial charge < -0.3 is 10.6 Å². The van der Waals surface area contributed by atoms with Crippen molar-refractivity contribution in [2.75, 3.05) is 31.9 Å². The molecule has 2 aliphatic heterocycles. The van der Waals surface area contributed by atoms with E-state index in [-0.39, 0.29) is 5.91 Å². The average molecular weight is 301 g/mol. The summed E-state index contributed by atoms with van der Waals surface area (Å²) in [7, 11) is 0. The summed E-state index contributed by atoms with van der Waals surface area (Å²) in [6.07, 6.45) is 4.77. The zero-order chi connectivity index (χ0) is 15.5. The molecule has 0 unspecified atom stereocenters. The molecule has 0 spiro atoms. The molecule has 0 aromatic heterocycles. The van der Waals surface area contributed by atoms with Gasteiger partial charge in [0, 0.05) is 30.9 Å². The minimum atomic E-state index is 0.127. The second-order valence-corrected chi connectivity index (χ2v) is 6.87. The molecule has 0 bridgehead atoms. The maximum atomic E-state index is 12.4. The molecular formula is C18H27N3O. The topological polar surface area (TPSA) is 49.6 Å². The third kappa shape index (κ3) is 3.43. The second-order valence-electron chi connectivity index (χ2n) is 6.87. The fourth-order valence-electron chi connectivity index (χ4n) is 3.44. The van der Waals surface area contributed by atoms with Gasteiger partial charge in [-0.1, -0.05) is 13.0 Å². The molecule has 2 saturated heterocycles. The predicted molar refractivity (Wildman–Crippen MR) is 89.7 cm³/mol. The molecule has 1 aromatic carbocycles. The molecular weight excluding hydrogens is 274 g/mol. The van der Waals surface area contributed by atoms with Crippen LogP contribution in [0.1, 0.15) is 48.5 Å². The first-order chi connectivity index (χ1) is 10.6. The Morgan fingerprint density at radius 2 is 1.86 bits per heavy atom. The molecule has 4 heteroatoms. The monoisotopic (exact) mass is 301 g/mol. The molecule has 0 radical (unpaired) electrons. The second kappa shape index (κ2) is 6.69. The number of nitrogens with zero attached hydrogens (tertiary/aromatic N) is 2. The van der Waals surface area contributed by atoms with E-state index in [9.17, 15) is 4.79 Å². The molecule has 1 amide bonds. The van der Waals surface area contributed by atoms with Crippen LogP contribution < -0.4 is 5.73 Å². The standard InChI is InChI=1S/C18H27N3O/c1-14-6-10-20(11-7-14)13-16-5-4-15(12-17(16)19)18(22)21-8-2-3-9-21/h4-5,12,14H,2-3,6-11,13,19H2,1H3. The molecule has 2 N–H and O–H groups in total. The Morgan fingerprint density at radius 3 is 2.50 bits per heavy atom. The van der Waals surface area contributed by atoms with Crippen molar-refractivity contribution < 1.29 is 4.79 Å². The summed E-state index contributed by atoms with van der Waals surface area (Å²) in [5, 5.41) is 0. The molecule has 22 heavy (non-hydrogen) atoms. The van der Waals surface area contributed by atoms with Gasteiger partial charge >= 0.3 is 0 Å². The lowest BCUT2D eigenvalue weighted by atomic mass is 9.98. The minimum Gasteiger partial charge on any atom is -0.398 e. The Labute approximate surface area is 133 Å². The number of carbonyl (C=O) groups excluding carboxylic acids is 1. The summed E-state index contributed by atoms with van der Waals surface area (Å²) < 4.78 is 0. The van der Waals surface area contributed by atoms with Gasteiger partial charge in [0.1, 0.15) is 0 Å². The Bertz CT molecular complexity index is 529. The van der Waals surface area contributed by atoms with Crippen LogP contribution >= 0.6 is 0 Å². The normalized spacial score (nSPS) is 20.5. The molecule has 1 aromatic rings. The van der Waals surface area contributed by atoms with E-state index in [1.807, 2.05) is 23.1 Å². The van der Waals surface area contributed by atoms with Crippen molar-refractivity contribution in [3.63, 3.8) is 0 Å².